The molecule has 14 heavy (non-hydrogen) atoms. The summed E-state index contributed by atoms with van der Waals surface area (Å²) in [5, 5.41) is 3.46. The first-order chi connectivity index (χ1) is 6.88. The zero-order valence-electron chi connectivity index (χ0n) is 8.87. The fourth-order valence-electron chi connectivity index (χ4n) is 1.62. The standard InChI is InChI=1S/C12H20N2/c1-2-6-12(14-10-9-13)11-7-4-3-5-8-11/h3-5,7-8,12,14H,2,6,9-10,13H2,1H3. The van der Waals surface area contributed by atoms with Crippen molar-refractivity contribution >= 4 is 0 Å². The van der Waals surface area contributed by atoms with Crippen LogP contribution in [0.5, 0.6) is 0 Å². The van der Waals surface area contributed by atoms with Crippen molar-refractivity contribution in [1.82, 2.24) is 5.32 Å². The van der Waals surface area contributed by atoms with Crippen molar-refractivity contribution in [1.29, 1.82) is 0 Å². The highest BCUT2D eigenvalue weighted by molar-refractivity contribution is 5.18. The molecular weight excluding hydrogens is 172 g/mol. The van der Waals surface area contributed by atoms with Gasteiger partial charge in [0.05, 0.1) is 0 Å². The summed E-state index contributed by atoms with van der Waals surface area (Å²) in [4.78, 5) is 0. The second kappa shape index (κ2) is 6.57. The minimum absolute atomic E-state index is 0.463. The summed E-state index contributed by atoms with van der Waals surface area (Å²) in [5.74, 6) is 0. The normalized spacial score (nSPS) is 12.7. The molecule has 0 amide bonds. The van der Waals surface area contributed by atoms with Gasteiger partial charge < -0.3 is 11.1 Å². The molecule has 0 aliphatic rings. The van der Waals surface area contributed by atoms with Crippen molar-refractivity contribution in [2.75, 3.05) is 13.1 Å². The summed E-state index contributed by atoms with van der Waals surface area (Å²) < 4.78 is 0. The molecule has 0 radical (unpaired) electrons. The zero-order valence-corrected chi connectivity index (χ0v) is 8.87. The molecule has 3 N–H and O–H groups in total. The molecule has 1 rings (SSSR count). The number of nitrogens with one attached hydrogen (secondary N) is 1. The number of hydrogen-bond acceptors (Lipinski definition) is 2. The van der Waals surface area contributed by atoms with Gasteiger partial charge in [0.25, 0.3) is 0 Å². The number of benzene rings is 1. The van der Waals surface area contributed by atoms with Gasteiger partial charge in [-0.05, 0) is 12.0 Å². The Hall–Kier alpha value is -0.860. The van der Waals surface area contributed by atoms with Crippen LogP contribution in [0.1, 0.15) is 31.4 Å². The van der Waals surface area contributed by atoms with E-state index >= 15 is 0 Å². The quantitative estimate of drug-likeness (QED) is 0.724. The third-order valence-electron chi connectivity index (χ3n) is 2.31. The van der Waals surface area contributed by atoms with Crippen LogP contribution in [0.4, 0.5) is 0 Å². The van der Waals surface area contributed by atoms with Crippen LogP contribution in [0.25, 0.3) is 0 Å². The number of hydrogen-bond donors (Lipinski definition) is 2. The van der Waals surface area contributed by atoms with E-state index in [0.717, 1.165) is 6.54 Å². The minimum Gasteiger partial charge on any atom is -0.329 e. The molecule has 1 aromatic rings. The van der Waals surface area contributed by atoms with E-state index in [1.807, 2.05) is 0 Å². The van der Waals surface area contributed by atoms with Crippen molar-refractivity contribution in [3.63, 3.8) is 0 Å². The van der Waals surface area contributed by atoms with Crippen molar-refractivity contribution < 1.29 is 0 Å². The molecule has 2 heteroatoms. The van der Waals surface area contributed by atoms with Gasteiger partial charge in [-0.3, -0.25) is 0 Å². The molecule has 78 valence electrons. The van der Waals surface area contributed by atoms with Gasteiger partial charge in [0, 0.05) is 19.1 Å². The summed E-state index contributed by atoms with van der Waals surface area (Å²) in [6, 6.07) is 11.0. The van der Waals surface area contributed by atoms with Gasteiger partial charge in [-0.2, -0.15) is 0 Å². The Morgan fingerprint density at radius 2 is 2.00 bits per heavy atom. The van der Waals surface area contributed by atoms with Crippen molar-refractivity contribution in [2.24, 2.45) is 5.73 Å². The average molecular weight is 192 g/mol. The number of rotatable bonds is 6. The SMILES string of the molecule is CCCC(NCCN)c1ccccc1. The van der Waals surface area contributed by atoms with Gasteiger partial charge in [-0.1, -0.05) is 43.7 Å². The third kappa shape index (κ3) is 3.48. The largest absolute Gasteiger partial charge is 0.329 e. The molecule has 1 aromatic carbocycles. The van der Waals surface area contributed by atoms with E-state index < -0.39 is 0 Å². The lowest BCUT2D eigenvalue weighted by molar-refractivity contribution is 0.501. The molecule has 0 saturated carbocycles. The average Bonchev–Trinajstić information content (AvgIpc) is 2.25. The topological polar surface area (TPSA) is 38.0 Å². The predicted molar refractivity (Wildman–Crippen MR) is 61.1 cm³/mol. The van der Waals surface area contributed by atoms with Crippen LogP contribution in [-0.2, 0) is 0 Å². The molecule has 0 bridgehead atoms. The Labute approximate surface area is 86.5 Å². The van der Waals surface area contributed by atoms with Crippen LogP contribution in [0, 0.1) is 0 Å². The van der Waals surface area contributed by atoms with Crippen molar-refractivity contribution in [3.8, 4) is 0 Å². The Morgan fingerprint density at radius 1 is 1.29 bits per heavy atom. The highest BCUT2D eigenvalue weighted by Gasteiger charge is 2.07. The Kier molecular flexibility index (Phi) is 5.27. The van der Waals surface area contributed by atoms with Gasteiger partial charge in [0.15, 0.2) is 0 Å². The van der Waals surface area contributed by atoms with E-state index in [0.29, 0.717) is 12.6 Å². The molecule has 1 atom stereocenters. The lowest BCUT2D eigenvalue weighted by Crippen LogP contribution is -2.27. The monoisotopic (exact) mass is 192 g/mol. The van der Waals surface area contributed by atoms with Gasteiger partial charge in [-0.25, -0.2) is 0 Å². The molecule has 0 heterocycles. The Bertz CT molecular complexity index is 233. The highest BCUT2D eigenvalue weighted by Crippen LogP contribution is 2.17. The van der Waals surface area contributed by atoms with Gasteiger partial charge in [0.1, 0.15) is 0 Å². The lowest BCUT2D eigenvalue weighted by atomic mass is 10.0. The molecular formula is C12H20N2. The fraction of sp³-hybridized carbons (Fsp3) is 0.500. The van der Waals surface area contributed by atoms with Crippen LogP contribution in [0.2, 0.25) is 0 Å². The van der Waals surface area contributed by atoms with Gasteiger partial charge in [-0.15, -0.1) is 0 Å². The zero-order chi connectivity index (χ0) is 10.2. The van der Waals surface area contributed by atoms with E-state index in [-0.39, 0.29) is 0 Å². The van der Waals surface area contributed by atoms with Crippen LogP contribution in [0.3, 0.4) is 0 Å². The summed E-state index contributed by atoms with van der Waals surface area (Å²) in [7, 11) is 0. The smallest absolute Gasteiger partial charge is 0.0320 e. The maximum absolute atomic E-state index is 5.49. The van der Waals surface area contributed by atoms with E-state index in [1.165, 1.54) is 18.4 Å². The number of nitrogens with two attached hydrogens (primary N) is 1. The summed E-state index contributed by atoms with van der Waals surface area (Å²) in [5.41, 5.74) is 6.85. The third-order valence-corrected chi connectivity index (χ3v) is 2.31. The molecule has 0 aliphatic heterocycles. The van der Waals surface area contributed by atoms with E-state index in [2.05, 4.69) is 42.6 Å². The van der Waals surface area contributed by atoms with Crippen LogP contribution >= 0.6 is 0 Å². The highest BCUT2D eigenvalue weighted by atomic mass is 14.9. The first-order valence-corrected chi connectivity index (χ1v) is 5.37. The molecule has 0 fully saturated rings. The molecule has 0 spiro atoms. The second-order valence-electron chi connectivity index (χ2n) is 3.49. The second-order valence-corrected chi connectivity index (χ2v) is 3.49. The van der Waals surface area contributed by atoms with Crippen LogP contribution in [-0.4, -0.2) is 13.1 Å². The van der Waals surface area contributed by atoms with E-state index in [4.69, 9.17) is 5.73 Å². The molecule has 0 saturated heterocycles. The molecule has 1 unspecified atom stereocenters. The van der Waals surface area contributed by atoms with E-state index in [1.54, 1.807) is 0 Å². The first kappa shape index (κ1) is 11.2. The Balaban J connectivity index is 2.58. The maximum Gasteiger partial charge on any atom is 0.0320 e. The molecule has 0 aromatic heterocycles. The Morgan fingerprint density at radius 3 is 2.57 bits per heavy atom. The minimum atomic E-state index is 0.463. The van der Waals surface area contributed by atoms with Crippen molar-refractivity contribution in [2.45, 2.75) is 25.8 Å². The first-order valence-electron chi connectivity index (χ1n) is 5.37. The maximum atomic E-state index is 5.49. The predicted octanol–water partition coefficient (Wildman–Crippen LogP) is 2.08. The van der Waals surface area contributed by atoms with Crippen LogP contribution < -0.4 is 11.1 Å². The lowest BCUT2D eigenvalue weighted by Gasteiger charge is -2.17. The van der Waals surface area contributed by atoms with Crippen LogP contribution in [0.15, 0.2) is 30.3 Å². The summed E-state index contributed by atoms with van der Waals surface area (Å²) in [6.07, 6.45) is 2.36. The van der Waals surface area contributed by atoms with Gasteiger partial charge >= 0.3 is 0 Å². The molecule has 0 aliphatic carbocycles. The van der Waals surface area contributed by atoms with Crippen molar-refractivity contribution in [3.05, 3.63) is 35.9 Å². The fourth-order valence-corrected chi connectivity index (χ4v) is 1.62. The molecule has 2 nitrogen and oxygen atoms in total. The summed E-state index contributed by atoms with van der Waals surface area (Å²) >= 11 is 0. The van der Waals surface area contributed by atoms with Gasteiger partial charge in [0.2, 0.25) is 0 Å². The van der Waals surface area contributed by atoms with E-state index in [9.17, 15) is 0 Å². The summed E-state index contributed by atoms with van der Waals surface area (Å²) in [6.45, 7) is 3.80.